The molecule has 2 N–H and O–H groups in total. The standard InChI is InChI=1S/C17H22F2N2O2/c18-12-3-4-15(14(19)11-12)23-13-5-9-21(10-6-13)16(22)17(20)7-1-2-8-17/h3-4,11,13H,1-2,5-10,20H2. The normalized spacial score (nSPS) is 21.4. The highest BCUT2D eigenvalue weighted by atomic mass is 19.1. The molecule has 0 bridgehead atoms. The summed E-state index contributed by atoms with van der Waals surface area (Å²) in [6.45, 7) is 1.12. The van der Waals surface area contributed by atoms with Crippen LogP contribution in [0.5, 0.6) is 5.75 Å². The number of piperidine rings is 1. The Balaban J connectivity index is 1.55. The van der Waals surface area contributed by atoms with Gasteiger partial charge in [-0.3, -0.25) is 4.79 Å². The van der Waals surface area contributed by atoms with Crippen LogP contribution in [-0.4, -0.2) is 35.5 Å². The highest BCUT2D eigenvalue weighted by Gasteiger charge is 2.40. The number of hydrogen-bond acceptors (Lipinski definition) is 3. The van der Waals surface area contributed by atoms with Gasteiger partial charge in [-0.2, -0.15) is 0 Å². The number of carbonyl (C=O) groups excluding carboxylic acids is 1. The fourth-order valence-electron chi connectivity index (χ4n) is 3.46. The summed E-state index contributed by atoms with van der Waals surface area (Å²) in [5.41, 5.74) is 5.52. The van der Waals surface area contributed by atoms with Gasteiger partial charge < -0.3 is 15.4 Å². The number of rotatable bonds is 3. The molecule has 1 aliphatic carbocycles. The van der Waals surface area contributed by atoms with Gasteiger partial charge in [0.25, 0.3) is 0 Å². The topological polar surface area (TPSA) is 55.6 Å². The summed E-state index contributed by atoms with van der Waals surface area (Å²) in [5, 5.41) is 0. The predicted molar refractivity (Wildman–Crippen MR) is 82.0 cm³/mol. The second-order valence-corrected chi connectivity index (χ2v) is 6.55. The maximum atomic E-state index is 13.6. The SMILES string of the molecule is NC1(C(=O)N2CCC(Oc3ccc(F)cc3F)CC2)CCCC1. The maximum absolute atomic E-state index is 13.6. The third-order valence-corrected chi connectivity index (χ3v) is 4.84. The second-order valence-electron chi connectivity index (χ2n) is 6.55. The number of nitrogens with zero attached hydrogens (tertiary/aromatic N) is 1. The molecule has 1 saturated carbocycles. The van der Waals surface area contributed by atoms with Gasteiger partial charge in [0.15, 0.2) is 11.6 Å². The van der Waals surface area contributed by atoms with Crippen LogP contribution in [0, 0.1) is 11.6 Å². The highest BCUT2D eigenvalue weighted by molar-refractivity contribution is 5.86. The van der Waals surface area contributed by atoms with E-state index >= 15 is 0 Å². The Hall–Kier alpha value is -1.69. The van der Waals surface area contributed by atoms with Gasteiger partial charge >= 0.3 is 0 Å². The summed E-state index contributed by atoms with van der Waals surface area (Å²) in [5.74, 6) is -1.24. The van der Waals surface area contributed by atoms with Crippen LogP contribution in [0.15, 0.2) is 18.2 Å². The summed E-state index contributed by atoms with van der Waals surface area (Å²) in [6, 6.07) is 3.29. The molecule has 4 nitrogen and oxygen atoms in total. The van der Waals surface area contributed by atoms with Crippen molar-refractivity contribution in [1.82, 2.24) is 4.90 Å². The molecular formula is C17H22F2N2O2. The van der Waals surface area contributed by atoms with Crippen LogP contribution >= 0.6 is 0 Å². The lowest BCUT2D eigenvalue weighted by Gasteiger charge is -2.36. The van der Waals surface area contributed by atoms with E-state index in [1.165, 1.54) is 12.1 Å². The van der Waals surface area contributed by atoms with E-state index in [-0.39, 0.29) is 17.8 Å². The first kappa shape index (κ1) is 16.2. The first-order valence-electron chi connectivity index (χ1n) is 8.18. The van der Waals surface area contributed by atoms with E-state index in [1.54, 1.807) is 4.90 Å². The molecule has 1 aliphatic heterocycles. The van der Waals surface area contributed by atoms with E-state index in [4.69, 9.17) is 10.5 Å². The second kappa shape index (κ2) is 6.43. The van der Waals surface area contributed by atoms with Crippen LogP contribution in [-0.2, 0) is 4.79 Å². The van der Waals surface area contributed by atoms with E-state index < -0.39 is 17.2 Å². The first-order chi connectivity index (χ1) is 11.0. The molecule has 0 spiro atoms. The molecule has 126 valence electrons. The molecule has 3 rings (SSSR count). The van der Waals surface area contributed by atoms with Gasteiger partial charge in [-0.15, -0.1) is 0 Å². The Morgan fingerprint density at radius 2 is 1.87 bits per heavy atom. The van der Waals surface area contributed by atoms with Crippen molar-refractivity contribution in [3.63, 3.8) is 0 Å². The average Bonchev–Trinajstić information content (AvgIpc) is 2.98. The Labute approximate surface area is 134 Å². The molecule has 1 aromatic rings. The molecule has 1 saturated heterocycles. The summed E-state index contributed by atoms with van der Waals surface area (Å²) in [7, 11) is 0. The highest BCUT2D eigenvalue weighted by Crippen LogP contribution is 2.30. The summed E-state index contributed by atoms with van der Waals surface area (Å²) in [4.78, 5) is 14.3. The van der Waals surface area contributed by atoms with Crippen molar-refractivity contribution < 1.29 is 18.3 Å². The zero-order chi connectivity index (χ0) is 16.4. The molecule has 0 aromatic heterocycles. The number of hydrogen-bond donors (Lipinski definition) is 1. The van der Waals surface area contributed by atoms with Gasteiger partial charge in [0.05, 0.1) is 5.54 Å². The monoisotopic (exact) mass is 324 g/mol. The van der Waals surface area contributed by atoms with Crippen molar-refractivity contribution in [3.05, 3.63) is 29.8 Å². The maximum Gasteiger partial charge on any atom is 0.242 e. The van der Waals surface area contributed by atoms with Crippen molar-refractivity contribution in [2.45, 2.75) is 50.2 Å². The Bertz CT molecular complexity index is 580. The molecule has 2 aliphatic rings. The van der Waals surface area contributed by atoms with E-state index in [0.717, 1.165) is 31.7 Å². The average molecular weight is 324 g/mol. The zero-order valence-electron chi connectivity index (χ0n) is 13.1. The molecule has 0 atom stereocenters. The lowest BCUT2D eigenvalue weighted by Crippen LogP contribution is -2.56. The van der Waals surface area contributed by atoms with Crippen LogP contribution in [0.2, 0.25) is 0 Å². The largest absolute Gasteiger partial charge is 0.487 e. The van der Waals surface area contributed by atoms with E-state index in [0.29, 0.717) is 25.9 Å². The van der Waals surface area contributed by atoms with E-state index in [1.807, 2.05) is 0 Å². The van der Waals surface area contributed by atoms with E-state index in [2.05, 4.69) is 0 Å². The quantitative estimate of drug-likeness (QED) is 0.930. The third kappa shape index (κ3) is 3.47. The summed E-state index contributed by atoms with van der Waals surface area (Å²) < 4.78 is 32.1. The van der Waals surface area contributed by atoms with Gasteiger partial charge in [-0.25, -0.2) is 8.78 Å². The van der Waals surface area contributed by atoms with Crippen LogP contribution in [0.3, 0.4) is 0 Å². The number of amides is 1. The van der Waals surface area contributed by atoms with Crippen LogP contribution in [0.1, 0.15) is 38.5 Å². The van der Waals surface area contributed by atoms with E-state index in [9.17, 15) is 13.6 Å². The molecule has 1 amide bonds. The molecule has 6 heteroatoms. The van der Waals surface area contributed by atoms with Crippen LogP contribution < -0.4 is 10.5 Å². The molecule has 1 heterocycles. The first-order valence-corrected chi connectivity index (χ1v) is 8.18. The summed E-state index contributed by atoms with van der Waals surface area (Å²) >= 11 is 0. The van der Waals surface area contributed by atoms with Gasteiger partial charge in [0.2, 0.25) is 5.91 Å². The van der Waals surface area contributed by atoms with Gasteiger partial charge in [0.1, 0.15) is 11.9 Å². The van der Waals surface area contributed by atoms with Crippen LogP contribution in [0.25, 0.3) is 0 Å². The molecular weight excluding hydrogens is 302 g/mol. The Morgan fingerprint density at radius 1 is 1.22 bits per heavy atom. The smallest absolute Gasteiger partial charge is 0.242 e. The number of nitrogens with two attached hydrogens (primary N) is 1. The van der Waals surface area contributed by atoms with Gasteiger partial charge in [0, 0.05) is 32.0 Å². The van der Waals surface area contributed by atoms with Crippen molar-refractivity contribution >= 4 is 5.91 Å². The number of halogens is 2. The number of ether oxygens (including phenoxy) is 1. The minimum atomic E-state index is -0.699. The summed E-state index contributed by atoms with van der Waals surface area (Å²) in [6.07, 6.45) is 4.59. The van der Waals surface area contributed by atoms with Crippen molar-refractivity contribution in [2.75, 3.05) is 13.1 Å². The van der Waals surface area contributed by atoms with Crippen molar-refractivity contribution in [2.24, 2.45) is 5.73 Å². The van der Waals surface area contributed by atoms with Crippen molar-refractivity contribution in [3.8, 4) is 5.75 Å². The minimum Gasteiger partial charge on any atom is -0.487 e. The van der Waals surface area contributed by atoms with Gasteiger partial charge in [-0.1, -0.05) is 12.8 Å². The lowest BCUT2D eigenvalue weighted by molar-refractivity contribution is -0.138. The lowest BCUT2D eigenvalue weighted by atomic mass is 9.95. The predicted octanol–water partition coefficient (Wildman–Crippen LogP) is 2.61. The minimum absolute atomic E-state index is 0.0291. The fourth-order valence-corrected chi connectivity index (χ4v) is 3.46. The zero-order valence-corrected chi connectivity index (χ0v) is 13.1. The number of likely N-dealkylation sites (tertiary alicyclic amines) is 1. The molecule has 23 heavy (non-hydrogen) atoms. The van der Waals surface area contributed by atoms with Crippen LogP contribution in [0.4, 0.5) is 8.78 Å². The van der Waals surface area contributed by atoms with Gasteiger partial charge in [-0.05, 0) is 25.0 Å². The molecule has 0 unspecified atom stereocenters. The van der Waals surface area contributed by atoms with Crippen molar-refractivity contribution in [1.29, 1.82) is 0 Å². The molecule has 0 radical (unpaired) electrons. The molecule has 2 fully saturated rings. The number of benzene rings is 1. The molecule has 1 aromatic carbocycles. The third-order valence-electron chi connectivity index (χ3n) is 4.84. The number of carbonyl (C=O) groups is 1. The Kier molecular flexibility index (Phi) is 4.53. The fraction of sp³-hybridized carbons (Fsp3) is 0.588. The Morgan fingerprint density at radius 3 is 2.48 bits per heavy atom.